The summed E-state index contributed by atoms with van der Waals surface area (Å²) in [6, 6.07) is 12.6. The van der Waals surface area contributed by atoms with Crippen molar-refractivity contribution in [3.8, 4) is 5.75 Å². The Kier molecular flexibility index (Phi) is 6.75. The average molecular weight is 396 g/mol. The van der Waals surface area contributed by atoms with Crippen molar-refractivity contribution in [3.05, 3.63) is 53.6 Å². The first-order valence-corrected chi connectivity index (χ1v) is 10.2. The summed E-state index contributed by atoms with van der Waals surface area (Å²) in [5.74, 6) is 0.264. The Morgan fingerprint density at radius 1 is 1.10 bits per heavy atom. The van der Waals surface area contributed by atoms with Gasteiger partial charge in [-0.1, -0.05) is 13.0 Å². The highest BCUT2D eigenvalue weighted by Crippen LogP contribution is 2.28. The third-order valence-electron chi connectivity index (χ3n) is 5.27. The van der Waals surface area contributed by atoms with Crippen LogP contribution in [0.4, 0.5) is 11.4 Å². The number of carbonyl (C=O) groups is 2. The molecule has 1 saturated heterocycles. The Labute approximate surface area is 172 Å². The molecule has 0 bridgehead atoms. The Hall–Kier alpha value is -3.02. The van der Waals surface area contributed by atoms with E-state index in [1.807, 2.05) is 26.0 Å². The third kappa shape index (κ3) is 5.08. The molecule has 2 aromatic rings. The molecule has 1 heterocycles. The maximum absolute atomic E-state index is 12.9. The van der Waals surface area contributed by atoms with E-state index < -0.39 is 0 Å². The van der Waals surface area contributed by atoms with Crippen LogP contribution in [0.3, 0.4) is 0 Å². The van der Waals surface area contributed by atoms with Crippen LogP contribution in [0, 0.1) is 0 Å². The predicted molar refractivity (Wildman–Crippen MR) is 116 cm³/mol. The second kappa shape index (κ2) is 9.45. The smallest absolute Gasteiger partial charge is 0.255 e. The van der Waals surface area contributed by atoms with Crippen LogP contribution in [0.1, 0.15) is 53.8 Å². The quantitative estimate of drug-likeness (QED) is 0.741. The number of benzene rings is 2. The second-order valence-electron chi connectivity index (χ2n) is 7.39. The van der Waals surface area contributed by atoms with Gasteiger partial charge in [0.15, 0.2) is 0 Å². The van der Waals surface area contributed by atoms with Crippen LogP contribution in [0.25, 0.3) is 0 Å². The molecule has 1 atom stereocenters. The Morgan fingerprint density at radius 2 is 1.86 bits per heavy atom. The van der Waals surface area contributed by atoms with Crippen LogP contribution in [-0.2, 0) is 0 Å². The molecule has 1 fully saturated rings. The van der Waals surface area contributed by atoms with Gasteiger partial charge in [-0.3, -0.25) is 9.59 Å². The van der Waals surface area contributed by atoms with Crippen molar-refractivity contribution < 1.29 is 14.3 Å². The van der Waals surface area contributed by atoms with Gasteiger partial charge in [0.1, 0.15) is 5.75 Å². The number of rotatable bonds is 7. The van der Waals surface area contributed by atoms with Crippen molar-refractivity contribution >= 4 is 23.2 Å². The SMILES string of the molecule is CCC(C)NC(=O)c1cc(NC(=O)c2cccc(OC)c2)ccc1N1CCCC1. The topological polar surface area (TPSA) is 70.7 Å². The molecule has 3 rings (SSSR count). The normalized spacial score (nSPS) is 14.4. The van der Waals surface area contributed by atoms with Crippen molar-refractivity contribution in [1.82, 2.24) is 5.32 Å². The molecular weight excluding hydrogens is 366 g/mol. The van der Waals surface area contributed by atoms with Gasteiger partial charge in [0.05, 0.1) is 12.7 Å². The summed E-state index contributed by atoms with van der Waals surface area (Å²) in [7, 11) is 1.57. The Morgan fingerprint density at radius 3 is 2.55 bits per heavy atom. The van der Waals surface area contributed by atoms with Gasteiger partial charge >= 0.3 is 0 Å². The molecular formula is C23H29N3O3. The van der Waals surface area contributed by atoms with Gasteiger partial charge < -0.3 is 20.3 Å². The van der Waals surface area contributed by atoms with Crippen LogP contribution < -0.4 is 20.3 Å². The highest BCUT2D eigenvalue weighted by molar-refractivity contribution is 6.06. The number of amides is 2. The van der Waals surface area contributed by atoms with E-state index in [2.05, 4.69) is 15.5 Å². The van der Waals surface area contributed by atoms with Gasteiger partial charge in [-0.05, 0) is 62.6 Å². The number of hydrogen-bond donors (Lipinski definition) is 2. The number of hydrogen-bond acceptors (Lipinski definition) is 4. The van der Waals surface area contributed by atoms with Gasteiger partial charge in [0, 0.05) is 36.1 Å². The van der Waals surface area contributed by atoms with E-state index in [1.54, 1.807) is 37.4 Å². The second-order valence-corrected chi connectivity index (χ2v) is 7.39. The van der Waals surface area contributed by atoms with Gasteiger partial charge in [-0.15, -0.1) is 0 Å². The number of nitrogens with one attached hydrogen (secondary N) is 2. The molecule has 6 nitrogen and oxygen atoms in total. The lowest BCUT2D eigenvalue weighted by atomic mass is 10.1. The standard InChI is InChI=1S/C23H29N3O3/c1-4-16(2)24-23(28)20-15-18(10-11-21(20)26-12-5-6-13-26)25-22(27)17-8-7-9-19(14-17)29-3/h7-11,14-16H,4-6,12-13H2,1-3H3,(H,24,28)(H,25,27). The van der Waals surface area contributed by atoms with E-state index in [-0.39, 0.29) is 17.9 Å². The van der Waals surface area contributed by atoms with Crippen molar-refractivity contribution in [1.29, 1.82) is 0 Å². The molecule has 0 spiro atoms. The molecule has 1 aliphatic heterocycles. The summed E-state index contributed by atoms with van der Waals surface area (Å²) in [5.41, 5.74) is 2.60. The molecule has 1 unspecified atom stereocenters. The minimum atomic E-state index is -0.244. The van der Waals surface area contributed by atoms with Crippen LogP contribution >= 0.6 is 0 Å². The van der Waals surface area contributed by atoms with Crippen LogP contribution in [0.5, 0.6) is 5.75 Å². The summed E-state index contributed by atoms with van der Waals surface area (Å²) in [6.45, 7) is 5.91. The molecule has 0 aromatic heterocycles. The lowest BCUT2D eigenvalue weighted by Gasteiger charge is -2.23. The number of anilines is 2. The lowest BCUT2D eigenvalue weighted by Crippen LogP contribution is -2.33. The molecule has 0 saturated carbocycles. The summed E-state index contributed by atoms with van der Waals surface area (Å²) >= 11 is 0. The monoisotopic (exact) mass is 395 g/mol. The lowest BCUT2D eigenvalue weighted by molar-refractivity contribution is 0.0938. The molecule has 154 valence electrons. The van der Waals surface area contributed by atoms with E-state index in [0.29, 0.717) is 22.6 Å². The summed E-state index contributed by atoms with van der Waals surface area (Å²) in [6.07, 6.45) is 3.11. The van der Waals surface area contributed by atoms with E-state index in [0.717, 1.165) is 38.0 Å². The fraction of sp³-hybridized carbons (Fsp3) is 0.391. The van der Waals surface area contributed by atoms with E-state index in [4.69, 9.17) is 4.74 Å². The largest absolute Gasteiger partial charge is 0.497 e. The Balaban J connectivity index is 1.86. The first kappa shape index (κ1) is 20.7. The van der Waals surface area contributed by atoms with E-state index in [1.165, 1.54) is 0 Å². The highest BCUT2D eigenvalue weighted by Gasteiger charge is 2.21. The molecule has 2 N–H and O–H groups in total. The minimum Gasteiger partial charge on any atom is -0.497 e. The summed E-state index contributed by atoms with van der Waals surface area (Å²) in [4.78, 5) is 27.8. The molecule has 0 aliphatic carbocycles. The Bertz CT molecular complexity index is 875. The van der Waals surface area contributed by atoms with Crippen molar-refractivity contribution in [3.63, 3.8) is 0 Å². The average Bonchev–Trinajstić information content (AvgIpc) is 3.28. The minimum absolute atomic E-state index is 0.0870. The van der Waals surface area contributed by atoms with E-state index >= 15 is 0 Å². The number of nitrogens with zero attached hydrogens (tertiary/aromatic N) is 1. The van der Waals surface area contributed by atoms with Gasteiger partial charge in [0.25, 0.3) is 11.8 Å². The predicted octanol–water partition coefficient (Wildman–Crippen LogP) is 4.08. The molecule has 2 aromatic carbocycles. The van der Waals surface area contributed by atoms with Crippen LogP contribution in [0.15, 0.2) is 42.5 Å². The van der Waals surface area contributed by atoms with Crippen molar-refractivity contribution in [2.24, 2.45) is 0 Å². The molecule has 6 heteroatoms. The number of ether oxygens (including phenoxy) is 1. The maximum atomic E-state index is 12.9. The van der Waals surface area contributed by atoms with E-state index in [9.17, 15) is 9.59 Å². The fourth-order valence-corrected chi connectivity index (χ4v) is 3.40. The maximum Gasteiger partial charge on any atom is 0.255 e. The number of carbonyl (C=O) groups excluding carboxylic acids is 2. The third-order valence-corrected chi connectivity index (χ3v) is 5.27. The number of methoxy groups -OCH3 is 1. The summed E-state index contributed by atoms with van der Waals surface area (Å²) < 4.78 is 5.19. The molecule has 2 amide bonds. The van der Waals surface area contributed by atoms with Gasteiger partial charge in [-0.25, -0.2) is 0 Å². The van der Waals surface area contributed by atoms with Crippen LogP contribution in [0.2, 0.25) is 0 Å². The fourth-order valence-electron chi connectivity index (χ4n) is 3.40. The zero-order valence-electron chi connectivity index (χ0n) is 17.3. The zero-order valence-corrected chi connectivity index (χ0v) is 17.3. The van der Waals surface area contributed by atoms with Crippen LogP contribution in [-0.4, -0.2) is 38.1 Å². The zero-order chi connectivity index (χ0) is 20.8. The molecule has 29 heavy (non-hydrogen) atoms. The first-order chi connectivity index (χ1) is 14.0. The molecule has 0 radical (unpaired) electrons. The van der Waals surface area contributed by atoms with Gasteiger partial charge in [0.2, 0.25) is 0 Å². The highest BCUT2D eigenvalue weighted by atomic mass is 16.5. The summed E-state index contributed by atoms with van der Waals surface area (Å²) in [5, 5.41) is 5.94. The first-order valence-electron chi connectivity index (χ1n) is 10.2. The van der Waals surface area contributed by atoms with Crippen molar-refractivity contribution in [2.75, 3.05) is 30.4 Å². The molecule has 1 aliphatic rings. The van der Waals surface area contributed by atoms with Gasteiger partial charge in [-0.2, -0.15) is 0 Å². The van der Waals surface area contributed by atoms with Crippen molar-refractivity contribution in [2.45, 2.75) is 39.2 Å².